The number of nitrogens with zero attached hydrogens (tertiary/aromatic N) is 1. The molecule has 1 saturated carbocycles. The number of hydrogen-bond donors (Lipinski definition) is 1. The fourth-order valence-corrected chi connectivity index (χ4v) is 5.52. The lowest BCUT2D eigenvalue weighted by Gasteiger charge is -2.12. The van der Waals surface area contributed by atoms with Gasteiger partial charge in [0.1, 0.15) is 28.0 Å². The molecule has 0 amide bonds. The van der Waals surface area contributed by atoms with E-state index in [1.807, 2.05) is 12.3 Å². The van der Waals surface area contributed by atoms with Crippen molar-refractivity contribution in [1.29, 1.82) is 0 Å². The summed E-state index contributed by atoms with van der Waals surface area (Å²) in [5.41, 5.74) is 7.43. The lowest BCUT2D eigenvalue weighted by atomic mass is 10.0. The minimum absolute atomic E-state index is 0.179. The Labute approximate surface area is 196 Å². The molecule has 1 fully saturated rings. The van der Waals surface area contributed by atoms with Gasteiger partial charge in [0, 0.05) is 24.6 Å². The summed E-state index contributed by atoms with van der Waals surface area (Å²) in [6, 6.07) is 17.0. The molecule has 33 heavy (non-hydrogen) atoms. The van der Waals surface area contributed by atoms with E-state index >= 15 is 0 Å². The van der Waals surface area contributed by atoms with Crippen molar-refractivity contribution in [3.63, 3.8) is 0 Å². The number of ether oxygens (including phenoxy) is 1. The number of nitrogens with one attached hydrogen (secondary N) is 1. The van der Waals surface area contributed by atoms with Crippen LogP contribution < -0.4 is 10.1 Å². The maximum absolute atomic E-state index is 11.3. The van der Waals surface area contributed by atoms with E-state index in [2.05, 4.69) is 59.7 Å². The van der Waals surface area contributed by atoms with E-state index in [1.165, 1.54) is 30.2 Å². The molecule has 1 heterocycles. The van der Waals surface area contributed by atoms with Crippen LogP contribution in [-0.4, -0.2) is 32.0 Å². The van der Waals surface area contributed by atoms with Crippen molar-refractivity contribution < 1.29 is 13.2 Å². The van der Waals surface area contributed by atoms with Crippen molar-refractivity contribution >= 4 is 15.7 Å². The van der Waals surface area contributed by atoms with Crippen LogP contribution in [0.15, 0.2) is 54.7 Å². The summed E-state index contributed by atoms with van der Waals surface area (Å²) in [6.45, 7) is 3.18. The highest BCUT2D eigenvalue weighted by Crippen LogP contribution is 2.56. The molecular weight excluding hydrogens is 432 g/mol. The van der Waals surface area contributed by atoms with Crippen molar-refractivity contribution in [2.45, 2.75) is 38.7 Å². The summed E-state index contributed by atoms with van der Waals surface area (Å²) in [7, 11) is -2.93. The van der Waals surface area contributed by atoms with Crippen LogP contribution in [0.2, 0.25) is 0 Å². The second kappa shape index (κ2) is 8.82. The van der Waals surface area contributed by atoms with Crippen LogP contribution in [0.25, 0.3) is 11.1 Å². The summed E-state index contributed by atoms with van der Waals surface area (Å²) in [4.78, 5) is 4.52. The first kappa shape index (κ1) is 22.0. The quantitative estimate of drug-likeness (QED) is 0.446. The summed E-state index contributed by atoms with van der Waals surface area (Å²) >= 11 is 0. The number of anilines is 1. The standard InChI is InChI=1S/C27H30N2O3S/c1-18-11-27(28-9-4-10-33(2,30)31)29-16-26(18)20-6-3-5-19(12-20)17-32-23-7-8-24-21(14-23)13-22-15-25(22)24/h3,5-8,11-12,14,16,22,25H,4,9-10,13,15,17H2,1-2H3,(H,28,29). The normalized spacial score (nSPS) is 18.5. The average Bonchev–Trinajstić information content (AvgIpc) is 3.45. The number of pyridine rings is 1. The average molecular weight is 463 g/mol. The first-order valence-electron chi connectivity index (χ1n) is 11.6. The Morgan fingerprint density at radius 2 is 2.03 bits per heavy atom. The zero-order chi connectivity index (χ0) is 23.0. The van der Waals surface area contributed by atoms with Crippen molar-refractivity contribution in [3.8, 4) is 16.9 Å². The summed E-state index contributed by atoms with van der Waals surface area (Å²) in [6.07, 6.45) is 6.28. The van der Waals surface area contributed by atoms with Crippen LogP contribution in [0, 0.1) is 12.8 Å². The van der Waals surface area contributed by atoms with E-state index in [1.54, 1.807) is 0 Å². The predicted molar refractivity (Wildman–Crippen MR) is 133 cm³/mol. The molecule has 1 N–H and O–H groups in total. The zero-order valence-corrected chi connectivity index (χ0v) is 20.0. The molecule has 0 radical (unpaired) electrons. The fraction of sp³-hybridized carbons (Fsp3) is 0.370. The number of fused-ring (bicyclic) bond motifs is 3. The number of hydrogen-bond acceptors (Lipinski definition) is 5. The first-order chi connectivity index (χ1) is 15.9. The number of aryl methyl sites for hydroxylation is 1. The molecule has 0 saturated heterocycles. The Morgan fingerprint density at radius 3 is 2.85 bits per heavy atom. The highest BCUT2D eigenvalue weighted by Gasteiger charge is 2.44. The van der Waals surface area contributed by atoms with Crippen molar-refractivity contribution in [1.82, 2.24) is 4.98 Å². The minimum atomic E-state index is -2.93. The molecule has 1 aromatic heterocycles. The van der Waals surface area contributed by atoms with E-state index in [-0.39, 0.29) is 5.75 Å². The van der Waals surface area contributed by atoms with Gasteiger partial charge in [-0.25, -0.2) is 13.4 Å². The Bertz CT molecular complexity index is 1290. The Morgan fingerprint density at radius 1 is 1.15 bits per heavy atom. The highest BCUT2D eigenvalue weighted by atomic mass is 32.2. The molecule has 2 aliphatic carbocycles. The summed E-state index contributed by atoms with van der Waals surface area (Å²) in [5.74, 6) is 3.59. The molecule has 0 spiro atoms. The largest absolute Gasteiger partial charge is 0.489 e. The number of rotatable bonds is 9. The molecule has 0 aliphatic heterocycles. The monoisotopic (exact) mass is 462 g/mol. The van der Waals surface area contributed by atoms with Crippen LogP contribution in [0.3, 0.4) is 0 Å². The van der Waals surface area contributed by atoms with E-state index in [9.17, 15) is 8.42 Å². The van der Waals surface area contributed by atoms with E-state index < -0.39 is 9.84 Å². The van der Waals surface area contributed by atoms with Crippen LogP contribution in [-0.2, 0) is 22.9 Å². The van der Waals surface area contributed by atoms with Gasteiger partial charge in [-0.15, -0.1) is 0 Å². The molecule has 2 atom stereocenters. The van der Waals surface area contributed by atoms with E-state index in [4.69, 9.17) is 4.74 Å². The molecule has 0 bridgehead atoms. The number of aromatic nitrogens is 1. The molecule has 172 valence electrons. The first-order valence-corrected chi connectivity index (χ1v) is 13.6. The third kappa shape index (κ3) is 5.22. The fourth-order valence-electron chi connectivity index (χ4n) is 4.85. The summed E-state index contributed by atoms with van der Waals surface area (Å²) < 4.78 is 28.6. The van der Waals surface area contributed by atoms with Gasteiger partial charge in [-0.2, -0.15) is 0 Å². The molecular formula is C27H30N2O3S. The number of sulfone groups is 1. The third-order valence-electron chi connectivity index (χ3n) is 6.67. The van der Waals surface area contributed by atoms with Gasteiger partial charge in [0.25, 0.3) is 0 Å². The second-order valence-electron chi connectivity index (χ2n) is 9.45. The van der Waals surface area contributed by atoms with Crippen LogP contribution >= 0.6 is 0 Å². The Hall–Kier alpha value is -2.86. The van der Waals surface area contributed by atoms with Crippen LogP contribution in [0.1, 0.15) is 41.0 Å². The number of benzene rings is 2. The smallest absolute Gasteiger partial charge is 0.147 e. The zero-order valence-electron chi connectivity index (χ0n) is 19.2. The van der Waals surface area contributed by atoms with Crippen LogP contribution in [0.5, 0.6) is 5.75 Å². The van der Waals surface area contributed by atoms with Gasteiger partial charge in [0.05, 0.1) is 5.75 Å². The Kier molecular flexibility index (Phi) is 5.87. The van der Waals surface area contributed by atoms with Crippen LogP contribution in [0.4, 0.5) is 5.82 Å². The third-order valence-corrected chi connectivity index (χ3v) is 7.70. The van der Waals surface area contributed by atoms with Gasteiger partial charge in [0.15, 0.2) is 0 Å². The maximum atomic E-state index is 11.3. The molecule has 3 aromatic rings. The van der Waals surface area contributed by atoms with Gasteiger partial charge in [-0.05, 0) is 90.1 Å². The van der Waals surface area contributed by atoms with E-state index in [0.29, 0.717) is 19.6 Å². The van der Waals surface area contributed by atoms with Gasteiger partial charge < -0.3 is 10.1 Å². The van der Waals surface area contributed by atoms with Crippen molar-refractivity contribution in [2.75, 3.05) is 23.9 Å². The molecule has 5 nitrogen and oxygen atoms in total. The van der Waals surface area contributed by atoms with Crippen molar-refractivity contribution in [2.24, 2.45) is 5.92 Å². The second-order valence-corrected chi connectivity index (χ2v) is 11.7. The molecule has 6 heteroatoms. The Balaban J connectivity index is 1.21. The molecule has 2 unspecified atom stereocenters. The highest BCUT2D eigenvalue weighted by molar-refractivity contribution is 7.90. The molecule has 5 rings (SSSR count). The van der Waals surface area contributed by atoms with Gasteiger partial charge in [-0.1, -0.05) is 24.3 Å². The maximum Gasteiger partial charge on any atom is 0.147 e. The topological polar surface area (TPSA) is 68.3 Å². The predicted octanol–water partition coefficient (Wildman–Crippen LogP) is 5.14. The van der Waals surface area contributed by atoms with E-state index in [0.717, 1.165) is 45.7 Å². The van der Waals surface area contributed by atoms with Gasteiger partial charge >= 0.3 is 0 Å². The minimum Gasteiger partial charge on any atom is -0.489 e. The lowest BCUT2D eigenvalue weighted by Crippen LogP contribution is -2.10. The molecule has 2 aromatic carbocycles. The molecule has 2 aliphatic rings. The lowest BCUT2D eigenvalue weighted by molar-refractivity contribution is 0.306. The SMILES string of the molecule is Cc1cc(NCCCS(C)(=O)=O)ncc1-c1cccc(COc2ccc3c(c2)CC2CC32)c1. The summed E-state index contributed by atoms with van der Waals surface area (Å²) in [5, 5.41) is 3.21. The van der Waals surface area contributed by atoms with Gasteiger partial charge in [0.2, 0.25) is 0 Å². The van der Waals surface area contributed by atoms with Gasteiger partial charge in [-0.3, -0.25) is 0 Å². The van der Waals surface area contributed by atoms with Crippen molar-refractivity contribution in [3.05, 3.63) is 77.0 Å².